The van der Waals surface area contributed by atoms with E-state index >= 15 is 0 Å². The summed E-state index contributed by atoms with van der Waals surface area (Å²) in [4.78, 5) is 0. The van der Waals surface area contributed by atoms with E-state index in [4.69, 9.17) is 16.3 Å². The van der Waals surface area contributed by atoms with E-state index in [-0.39, 0.29) is 0 Å². The monoisotopic (exact) mass is 330 g/mol. The van der Waals surface area contributed by atoms with Crippen molar-refractivity contribution in [1.29, 1.82) is 0 Å². The van der Waals surface area contributed by atoms with Gasteiger partial charge in [0.15, 0.2) is 0 Å². The first-order chi connectivity index (χ1) is 8.79. The van der Waals surface area contributed by atoms with Gasteiger partial charge in [0.05, 0.1) is 6.61 Å². The van der Waals surface area contributed by atoms with Gasteiger partial charge in [-0.05, 0) is 36.5 Å². The van der Waals surface area contributed by atoms with Crippen LogP contribution in [0.1, 0.15) is 32.1 Å². The maximum absolute atomic E-state index is 6.09. The van der Waals surface area contributed by atoms with Gasteiger partial charge in [0.2, 0.25) is 0 Å². The molecule has 1 aliphatic rings. The summed E-state index contributed by atoms with van der Waals surface area (Å²) < 4.78 is 6.85. The van der Waals surface area contributed by atoms with E-state index in [2.05, 4.69) is 15.9 Å². The maximum atomic E-state index is 6.09. The third-order valence-electron chi connectivity index (χ3n) is 3.82. The molecule has 1 fully saturated rings. The summed E-state index contributed by atoms with van der Waals surface area (Å²) in [5.74, 6) is 3.16. The Kier molecular flexibility index (Phi) is 5.84. The number of rotatable bonds is 6. The molecule has 1 atom stereocenters. The van der Waals surface area contributed by atoms with Crippen LogP contribution in [0.5, 0.6) is 5.75 Å². The molecule has 1 saturated carbocycles. The van der Waals surface area contributed by atoms with Gasteiger partial charge in [-0.3, -0.25) is 0 Å². The number of hydrogen-bond acceptors (Lipinski definition) is 1. The molecule has 0 saturated heterocycles. The van der Waals surface area contributed by atoms with Gasteiger partial charge in [-0.15, -0.1) is 11.6 Å². The molecule has 0 bridgehead atoms. The van der Waals surface area contributed by atoms with Crippen LogP contribution in [-0.4, -0.2) is 12.5 Å². The van der Waals surface area contributed by atoms with E-state index in [1.165, 1.54) is 25.7 Å². The lowest BCUT2D eigenvalue weighted by molar-refractivity contribution is 0.249. The van der Waals surface area contributed by atoms with Crippen molar-refractivity contribution < 1.29 is 4.74 Å². The first-order valence-electron chi connectivity index (χ1n) is 6.74. The fraction of sp³-hybridized carbons (Fsp3) is 0.600. The molecule has 0 amide bonds. The lowest BCUT2D eigenvalue weighted by Gasteiger charge is -2.21. The highest BCUT2D eigenvalue weighted by molar-refractivity contribution is 9.10. The van der Waals surface area contributed by atoms with Crippen LogP contribution in [0.2, 0.25) is 0 Å². The van der Waals surface area contributed by atoms with Gasteiger partial charge in [0, 0.05) is 10.4 Å². The van der Waals surface area contributed by atoms with Crippen LogP contribution in [0.25, 0.3) is 0 Å². The molecular weight excluding hydrogens is 312 g/mol. The van der Waals surface area contributed by atoms with Crippen molar-refractivity contribution in [2.45, 2.75) is 32.1 Å². The Bertz CT molecular complexity index is 363. The molecule has 0 radical (unpaired) electrons. The van der Waals surface area contributed by atoms with Gasteiger partial charge in [0.1, 0.15) is 5.75 Å². The average molecular weight is 332 g/mol. The molecule has 1 aromatic rings. The van der Waals surface area contributed by atoms with Gasteiger partial charge in [-0.25, -0.2) is 0 Å². The molecule has 0 N–H and O–H groups in total. The second kappa shape index (κ2) is 7.40. The molecule has 3 heteroatoms. The van der Waals surface area contributed by atoms with Crippen LogP contribution in [0.3, 0.4) is 0 Å². The molecule has 0 heterocycles. The molecule has 1 aliphatic carbocycles. The smallest absolute Gasteiger partial charge is 0.120 e. The summed E-state index contributed by atoms with van der Waals surface area (Å²) in [6, 6.07) is 8.00. The van der Waals surface area contributed by atoms with Crippen molar-refractivity contribution in [2.75, 3.05) is 12.5 Å². The van der Waals surface area contributed by atoms with Crippen molar-refractivity contribution in [3.63, 3.8) is 0 Å². The van der Waals surface area contributed by atoms with Crippen molar-refractivity contribution in [3.05, 3.63) is 28.7 Å². The van der Waals surface area contributed by atoms with Crippen molar-refractivity contribution in [2.24, 2.45) is 11.8 Å². The van der Waals surface area contributed by atoms with Gasteiger partial charge < -0.3 is 4.74 Å². The van der Waals surface area contributed by atoms with E-state index in [1.54, 1.807) is 0 Å². The molecule has 2 rings (SSSR count). The van der Waals surface area contributed by atoms with E-state index in [1.807, 2.05) is 24.3 Å². The maximum Gasteiger partial charge on any atom is 0.120 e. The van der Waals surface area contributed by atoms with E-state index in [0.717, 1.165) is 35.0 Å². The Morgan fingerprint density at radius 1 is 1.33 bits per heavy atom. The van der Waals surface area contributed by atoms with Crippen molar-refractivity contribution in [3.8, 4) is 5.75 Å². The summed E-state index contributed by atoms with van der Waals surface area (Å²) >= 11 is 9.54. The highest BCUT2D eigenvalue weighted by Gasteiger charge is 2.24. The average Bonchev–Trinajstić information content (AvgIpc) is 2.88. The van der Waals surface area contributed by atoms with Crippen LogP contribution in [-0.2, 0) is 0 Å². The Morgan fingerprint density at radius 3 is 2.78 bits per heavy atom. The first-order valence-corrected chi connectivity index (χ1v) is 8.06. The molecule has 0 spiro atoms. The zero-order valence-corrected chi connectivity index (χ0v) is 12.9. The van der Waals surface area contributed by atoms with Crippen LogP contribution in [0, 0.1) is 11.8 Å². The van der Waals surface area contributed by atoms with E-state index in [9.17, 15) is 0 Å². The number of hydrogen-bond donors (Lipinski definition) is 0. The summed E-state index contributed by atoms with van der Waals surface area (Å²) in [5, 5.41) is 0. The van der Waals surface area contributed by atoms with Crippen LogP contribution in [0.15, 0.2) is 28.7 Å². The fourth-order valence-electron chi connectivity index (χ4n) is 2.75. The molecule has 0 aromatic heterocycles. The van der Waals surface area contributed by atoms with Gasteiger partial charge >= 0.3 is 0 Å². The summed E-state index contributed by atoms with van der Waals surface area (Å²) in [5.41, 5.74) is 0. The number of halogens is 2. The molecule has 100 valence electrons. The summed E-state index contributed by atoms with van der Waals surface area (Å²) in [7, 11) is 0. The Morgan fingerprint density at radius 2 is 2.11 bits per heavy atom. The van der Waals surface area contributed by atoms with Crippen LogP contribution in [0.4, 0.5) is 0 Å². The zero-order valence-electron chi connectivity index (χ0n) is 10.6. The van der Waals surface area contributed by atoms with Crippen molar-refractivity contribution >= 4 is 27.5 Å². The molecule has 18 heavy (non-hydrogen) atoms. The third kappa shape index (κ3) is 4.17. The molecule has 1 nitrogen and oxygen atoms in total. The topological polar surface area (TPSA) is 9.23 Å². The summed E-state index contributed by atoms with van der Waals surface area (Å²) in [6.07, 6.45) is 6.54. The largest absolute Gasteiger partial charge is 0.494 e. The number of benzene rings is 1. The quantitative estimate of drug-likeness (QED) is 0.646. The lowest BCUT2D eigenvalue weighted by Crippen LogP contribution is -2.16. The zero-order chi connectivity index (χ0) is 12.8. The molecule has 1 unspecified atom stereocenters. The second-order valence-corrected chi connectivity index (χ2v) is 6.28. The summed E-state index contributed by atoms with van der Waals surface area (Å²) in [6.45, 7) is 0.768. The molecule has 1 aromatic carbocycles. The molecule has 0 aliphatic heterocycles. The minimum absolute atomic E-state index is 0.626. The van der Waals surface area contributed by atoms with Gasteiger partial charge in [0.25, 0.3) is 0 Å². The SMILES string of the molecule is ClCC(CCOc1cccc(Br)c1)C1CCCC1. The predicted molar refractivity (Wildman–Crippen MR) is 80.4 cm³/mol. The van der Waals surface area contributed by atoms with Crippen LogP contribution >= 0.6 is 27.5 Å². The minimum Gasteiger partial charge on any atom is -0.494 e. The van der Waals surface area contributed by atoms with Crippen LogP contribution < -0.4 is 4.74 Å². The number of alkyl halides is 1. The predicted octanol–water partition coefficient (Wildman–Crippen LogP) is 5.26. The Labute approximate surface area is 123 Å². The second-order valence-electron chi connectivity index (χ2n) is 5.05. The normalized spacial score (nSPS) is 17.9. The first kappa shape index (κ1) is 14.2. The van der Waals surface area contributed by atoms with E-state index < -0.39 is 0 Å². The highest BCUT2D eigenvalue weighted by Crippen LogP contribution is 2.33. The highest BCUT2D eigenvalue weighted by atomic mass is 79.9. The molecular formula is C15H20BrClO. The van der Waals surface area contributed by atoms with E-state index in [0.29, 0.717) is 5.92 Å². The Hall–Kier alpha value is -0.210. The van der Waals surface area contributed by atoms with Gasteiger partial charge in [-0.1, -0.05) is 47.7 Å². The van der Waals surface area contributed by atoms with Gasteiger partial charge in [-0.2, -0.15) is 0 Å². The fourth-order valence-corrected chi connectivity index (χ4v) is 3.54. The third-order valence-corrected chi connectivity index (χ3v) is 4.71. The number of ether oxygens (including phenoxy) is 1. The lowest BCUT2D eigenvalue weighted by atomic mass is 9.90. The Balaban J connectivity index is 1.76. The standard InChI is InChI=1S/C15H20BrClO/c16-14-6-3-7-15(10-14)18-9-8-13(11-17)12-4-1-2-5-12/h3,6-7,10,12-13H,1-2,4-5,8-9,11H2. The minimum atomic E-state index is 0.626. The van der Waals surface area contributed by atoms with Crippen molar-refractivity contribution in [1.82, 2.24) is 0 Å².